The van der Waals surface area contributed by atoms with Crippen LogP contribution >= 0.6 is 15.6 Å². The summed E-state index contributed by atoms with van der Waals surface area (Å²) in [5.41, 5.74) is 0. The van der Waals surface area contributed by atoms with Gasteiger partial charge in [-0.15, -0.1) is 0 Å². The van der Waals surface area contributed by atoms with Crippen molar-refractivity contribution >= 4 is 39.5 Å². The first-order valence-corrected chi connectivity index (χ1v) is 42.4. The monoisotopic (exact) mass is 1400 g/mol. The highest BCUT2D eigenvalue weighted by atomic mass is 31.2. The molecule has 0 rings (SSSR count). The molecule has 0 bridgehead atoms. The van der Waals surface area contributed by atoms with Gasteiger partial charge in [-0.2, -0.15) is 0 Å². The van der Waals surface area contributed by atoms with Gasteiger partial charge in [0.2, 0.25) is 0 Å². The lowest BCUT2D eigenvalue weighted by molar-refractivity contribution is -0.161. The number of esters is 4. The van der Waals surface area contributed by atoms with Gasteiger partial charge in [0.1, 0.15) is 19.3 Å². The zero-order valence-electron chi connectivity index (χ0n) is 62.1. The second kappa shape index (κ2) is 66.6. The molecule has 0 heterocycles. The molecule has 0 amide bonds. The summed E-state index contributed by atoms with van der Waals surface area (Å²) in [5, 5.41) is 10.6. The summed E-state index contributed by atoms with van der Waals surface area (Å²) in [4.78, 5) is 72.7. The maximum absolute atomic E-state index is 13.1. The van der Waals surface area contributed by atoms with E-state index in [0.29, 0.717) is 25.7 Å². The molecule has 0 saturated carbocycles. The fourth-order valence-corrected chi connectivity index (χ4v) is 13.1. The Morgan fingerprint density at radius 2 is 0.537 bits per heavy atom. The first-order valence-electron chi connectivity index (χ1n) is 39.4. The lowest BCUT2D eigenvalue weighted by Crippen LogP contribution is -2.30. The molecule has 0 aromatic rings. The highest BCUT2D eigenvalue weighted by molar-refractivity contribution is 7.47. The lowest BCUT2D eigenvalue weighted by Gasteiger charge is -2.21. The summed E-state index contributed by atoms with van der Waals surface area (Å²) in [5.74, 6) is 0.276. The van der Waals surface area contributed by atoms with Crippen LogP contribution in [0.3, 0.4) is 0 Å². The normalized spacial score (nSPS) is 14.4. The van der Waals surface area contributed by atoms with Crippen molar-refractivity contribution in [1.29, 1.82) is 0 Å². The van der Waals surface area contributed by atoms with Crippen molar-refractivity contribution in [3.63, 3.8) is 0 Å². The Bertz CT molecular complexity index is 1850. The van der Waals surface area contributed by atoms with E-state index >= 15 is 0 Å². The van der Waals surface area contributed by atoms with E-state index in [0.717, 1.165) is 120 Å². The molecule has 0 aromatic carbocycles. The third kappa shape index (κ3) is 69.0. The number of phosphoric ester groups is 2. The Hall–Kier alpha value is -1.94. The molecule has 6 atom stereocenters. The quantitative estimate of drug-likeness (QED) is 0.0222. The molecule has 17 nitrogen and oxygen atoms in total. The van der Waals surface area contributed by atoms with Crippen molar-refractivity contribution in [2.75, 3.05) is 39.6 Å². The molecular formula is C76H148O17P2. The number of aliphatic hydroxyl groups excluding tert-OH is 1. The number of unbranched alkanes of at least 4 members (excludes halogenated alkanes) is 41. The van der Waals surface area contributed by atoms with Crippen LogP contribution in [0.2, 0.25) is 0 Å². The second-order valence-corrected chi connectivity index (χ2v) is 31.5. The van der Waals surface area contributed by atoms with Gasteiger partial charge >= 0.3 is 39.5 Å². The molecule has 3 N–H and O–H groups in total. The van der Waals surface area contributed by atoms with Crippen LogP contribution in [0.15, 0.2) is 0 Å². The third-order valence-corrected chi connectivity index (χ3v) is 19.9. The summed E-state index contributed by atoms with van der Waals surface area (Å²) in [6.07, 6.45) is 52.7. The minimum Gasteiger partial charge on any atom is -0.462 e. The van der Waals surface area contributed by atoms with Gasteiger partial charge in [0.05, 0.1) is 26.4 Å². The van der Waals surface area contributed by atoms with Crippen LogP contribution in [-0.4, -0.2) is 96.7 Å². The van der Waals surface area contributed by atoms with E-state index in [1.54, 1.807) is 0 Å². The molecule has 95 heavy (non-hydrogen) atoms. The van der Waals surface area contributed by atoms with Gasteiger partial charge in [0.15, 0.2) is 12.2 Å². The Morgan fingerprint density at radius 3 is 0.800 bits per heavy atom. The number of aliphatic hydroxyl groups is 1. The molecule has 0 aliphatic carbocycles. The SMILES string of the molecule is CCCCCCCCCC(=O)OC[C@H](COP(=O)(O)OC[C@H](O)COP(=O)(O)OC[C@@H](COC(=O)CCCCCCCCCCCCCCCC(C)C)OC(=O)CCCCCCCCCCCCCCCCCC(C)C)OC(=O)CCCCCCCCCCCCC(C)CC. The van der Waals surface area contributed by atoms with Crippen LogP contribution in [-0.2, 0) is 65.4 Å². The van der Waals surface area contributed by atoms with Crippen LogP contribution < -0.4 is 0 Å². The number of ether oxygens (including phenoxy) is 4. The van der Waals surface area contributed by atoms with Gasteiger partial charge in [-0.05, 0) is 43.4 Å². The molecule has 0 aromatic heterocycles. The third-order valence-electron chi connectivity index (χ3n) is 18.0. The fraction of sp³-hybridized carbons (Fsp3) is 0.947. The van der Waals surface area contributed by atoms with Gasteiger partial charge in [-0.3, -0.25) is 37.3 Å². The van der Waals surface area contributed by atoms with Crippen LogP contribution in [0.1, 0.15) is 389 Å². The standard InChI is InChI=1S/C76H148O17P2/c1-8-10-11-12-33-43-50-57-73(78)86-63-71(92-76(81)60-53-46-39-32-26-25-29-36-42-49-56-69(7)9-2)65-90-94(82,83)88-61-70(77)62-89-95(84,85)91-66-72(64-87-74(79)58-51-44-37-30-23-20-16-18-22-28-35-41-48-55-68(5)6)93-75(80)59-52-45-38-31-24-19-15-13-14-17-21-27-34-40-47-54-67(3)4/h67-72,77H,8-66H2,1-7H3,(H,82,83)(H,84,85)/t69?,70-,71+,72+/m0/s1. The zero-order valence-corrected chi connectivity index (χ0v) is 63.9. The molecule has 0 fully saturated rings. The summed E-state index contributed by atoms with van der Waals surface area (Å²) in [7, 11) is -9.91. The highest BCUT2D eigenvalue weighted by Gasteiger charge is 2.30. The van der Waals surface area contributed by atoms with E-state index in [9.17, 15) is 43.2 Å². The summed E-state index contributed by atoms with van der Waals surface area (Å²) >= 11 is 0. The van der Waals surface area contributed by atoms with Crippen molar-refractivity contribution in [2.45, 2.75) is 407 Å². The Morgan fingerprint density at radius 1 is 0.305 bits per heavy atom. The molecule has 0 spiro atoms. The van der Waals surface area contributed by atoms with Crippen molar-refractivity contribution < 1.29 is 80.2 Å². The van der Waals surface area contributed by atoms with Crippen LogP contribution in [0, 0.1) is 17.8 Å². The first kappa shape index (κ1) is 93.1. The van der Waals surface area contributed by atoms with Crippen molar-refractivity contribution in [1.82, 2.24) is 0 Å². The molecule has 0 radical (unpaired) electrons. The number of rotatable bonds is 74. The van der Waals surface area contributed by atoms with Gasteiger partial charge in [-0.25, -0.2) is 9.13 Å². The first-order chi connectivity index (χ1) is 45.8. The minimum absolute atomic E-state index is 0.106. The predicted molar refractivity (Wildman–Crippen MR) is 386 cm³/mol. The van der Waals surface area contributed by atoms with Gasteiger partial charge in [0.25, 0.3) is 0 Å². The van der Waals surface area contributed by atoms with Gasteiger partial charge < -0.3 is 33.8 Å². The Balaban J connectivity index is 5.20. The highest BCUT2D eigenvalue weighted by Crippen LogP contribution is 2.45. The zero-order chi connectivity index (χ0) is 70.1. The molecule has 0 aliphatic heterocycles. The van der Waals surface area contributed by atoms with E-state index in [1.807, 2.05) is 0 Å². The van der Waals surface area contributed by atoms with E-state index in [1.165, 1.54) is 186 Å². The van der Waals surface area contributed by atoms with Gasteiger partial charge in [-0.1, -0.05) is 337 Å². The number of hydrogen-bond donors (Lipinski definition) is 3. The summed E-state index contributed by atoms with van der Waals surface area (Å²) in [6, 6.07) is 0. The molecule has 19 heteroatoms. The van der Waals surface area contributed by atoms with Crippen molar-refractivity contribution in [3.05, 3.63) is 0 Å². The fourth-order valence-electron chi connectivity index (χ4n) is 11.6. The number of carbonyl (C=O) groups is 4. The lowest BCUT2D eigenvalue weighted by atomic mass is 9.99. The van der Waals surface area contributed by atoms with Crippen LogP contribution in [0.5, 0.6) is 0 Å². The molecule has 564 valence electrons. The van der Waals surface area contributed by atoms with Crippen molar-refractivity contribution in [2.24, 2.45) is 17.8 Å². The second-order valence-electron chi connectivity index (χ2n) is 28.6. The average Bonchev–Trinajstić information content (AvgIpc) is 1.89. The van der Waals surface area contributed by atoms with E-state index in [2.05, 4.69) is 48.5 Å². The largest absolute Gasteiger partial charge is 0.472 e. The topological polar surface area (TPSA) is 237 Å². The van der Waals surface area contributed by atoms with E-state index in [-0.39, 0.29) is 25.7 Å². The number of carbonyl (C=O) groups excluding carboxylic acids is 4. The minimum atomic E-state index is -4.96. The smallest absolute Gasteiger partial charge is 0.462 e. The molecule has 3 unspecified atom stereocenters. The number of phosphoric acid groups is 2. The Kier molecular flexibility index (Phi) is 65.2. The maximum Gasteiger partial charge on any atom is 0.472 e. The van der Waals surface area contributed by atoms with Crippen molar-refractivity contribution in [3.8, 4) is 0 Å². The van der Waals surface area contributed by atoms with E-state index < -0.39 is 97.5 Å². The van der Waals surface area contributed by atoms with Gasteiger partial charge in [0, 0.05) is 25.7 Å². The number of hydrogen-bond acceptors (Lipinski definition) is 15. The summed E-state index contributed by atoms with van der Waals surface area (Å²) in [6.45, 7) is 11.9. The maximum atomic E-state index is 13.1. The van der Waals surface area contributed by atoms with Crippen LogP contribution in [0.4, 0.5) is 0 Å². The van der Waals surface area contributed by atoms with Crippen LogP contribution in [0.25, 0.3) is 0 Å². The predicted octanol–water partition coefficient (Wildman–Crippen LogP) is 22.2. The average molecular weight is 1400 g/mol. The van der Waals surface area contributed by atoms with E-state index in [4.69, 9.17) is 37.0 Å². The Labute approximate surface area is 581 Å². The molecule has 0 aliphatic rings. The molecular weight excluding hydrogens is 1250 g/mol. The summed E-state index contributed by atoms with van der Waals surface area (Å²) < 4.78 is 68.4. The molecule has 0 saturated heterocycles.